The lowest BCUT2D eigenvalue weighted by molar-refractivity contribution is 0.0737. The number of nitrogens with zero attached hydrogens (tertiary/aromatic N) is 1. The van der Waals surface area contributed by atoms with E-state index >= 15 is 0 Å². The average Bonchev–Trinajstić information content (AvgIpc) is 2.48. The number of hydrogen-bond donors (Lipinski definition) is 0. The van der Waals surface area contributed by atoms with E-state index in [1.54, 1.807) is 31.2 Å². The molecule has 2 nitrogen and oxygen atoms in total. The largest absolute Gasteiger partial charge is 0.335 e. The third-order valence-electron chi connectivity index (χ3n) is 3.44. The van der Waals surface area contributed by atoms with Crippen molar-refractivity contribution >= 4 is 17.5 Å². The Kier molecular flexibility index (Phi) is 4.58. The van der Waals surface area contributed by atoms with Gasteiger partial charge in [-0.05, 0) is 30.7 Å². The van der Waals surface area contributed by atoms with E-state index in [0.717, 1.165) is 11.6 Å². The molecule has 0 aromatic heterocycles. The maximum atomic E-state index is 13.7. The molecular formula is C16H14ClF2NO. The maximum absolute atomic E-state index is 13.7. The summed E-state index contributed by atoms with van der Waals surface area (Å²) < 4.78 is 26.9. The zero-order valence-electron chi connectivity index (χ0n) is 11.6. The third-order valence-corrected chi connectivity index (χ3v) is 3.78. The highest BCUT2D eigenvalue weighted by Crippen LogP contribution is 2.27. The van der Waals surface area contributed by atoms with Crippen molar-refractivity contribution in [3.63, 3.8) is 0 Å². The van der Waals surface area contributed by atoms with E-state index in [2.05, 4.69) is 0 Å². The molecule has 5 heteroatoms. The van der Waals surface area contributed by atoms with Crippen LogP contribution < -0.4 is 0 Å². The van der Waals surface area contributed by atoms with Crippen LogP contribution in [0.1, 0.15) is 28.9 Å². The minimum absolute atomic E-state index is 0.295. The van der Waals surface area contributed by atoms with E-state index in [-0.39, 0.29) is 11.6 Å². The molecule has 2 aromatic rings. The fourth-order valence-electron chi connectivity index (χ4n) is 2.06. The van der Waals surface area contributed by atoms with Crippen LogP contribution >= 0.6 is 11.6 Å². The van der Waals surface area contributed by atoms with Crippen LogP contribution in [0.3, 0.4) is 0 Å². The smallest absolute Gasteiger partial charge is 0.257 e. The highest BCUT2D eigenvalue weighted by Gasteiger charge is 2.23. The molecular weight excluding hydrogens is 296 g/mol. The summed E-state index contributed by atoms with van der Waals surface area (Å²) in [5.74, 6) is -2.78. The van der Waals surface area contributed by atoms with Gasteiger partial charge in [-0.25, -0.2) is 8.78 Å². The predicted molar refractivity (Wildman–Crippen MR) is 78.3 cm³/mol. The molecule has 2 aromatic carbocycles. The fourth-order valence-corrected chi connectivity index (χ4v) is 2.35. The van der Waals surface area contributed by atoms with Gasteiger partial charge in [0.1, 0.15) is 0 Å². The Labute approximate surface area is 127 Å². The van der Waals surface area contributed by atoms with Gasteiger partial charge in [-0.1, -0.05) is 35.9 Å². The van der Waals surface area contributed by atoms with Gasteiger partial charge in [-0.3, -0.25) is 4.79 Å². The van der Waals surface area contributed by atoms with E-state index in [1.807, 2.05) is 0 Å². The Bertz CT molecular complexity index is 675. The molecule has 1 unspecified atom stereocenters. The average molecular weight is 310 g/mol. The molecule has 0 aliphatic heterocycles. The highest BCUT2D eigenvalue weighted by molar-refractivity contribution is 6.31. The van der Waals surface area contributed by atoms with Crippen LogP contribution in [0.2, 0.25) is 5.02 Å². The summed E-state index contributed by atoms with van der Waals surface area (Å²) in [5.41, 5.74) is 0.447. The van der Waals surface area contributed by atoms with E-state index in [4.69, 9.17) is 11.6 Å². The first-order valence-corrected chi connectivity index (χ1v) is 6.77. The zero-order chi connectivity index (χ0) is 15.6. The minimum atomic E-state index is -1.14. The molecule has 1 amide bonds. The Balaban J connectivity index is 2.31. The lowest BCUT2D eigenvalue weighted by atomic mass is 10.1. The summed E-state index contributed by atoms with van der Waals surface area (Å²) in [7, 11) is 1.53. The topological polar surface area (TPSA) is 20.3 Å². The van der Waals surface area contributed by atoms with Crippen LogP contribution in [0.15, 0.2) is 42.5 Å². The molecule has 0 fully saturated rings. The van der Waals surface area contributed by atoms with Crippen molar-refractivity contribution in [1.82, 2.24) is 4.90 Å². The van der Waals surface area contributed by atoms with E-state index in [1.165, 1.54) is 24.1 Å². The molecule has 21 heavy (non-hydrogen) atoms. The second-order valence-corrected chi connectivity index (χ2v) is 5.12. The molecule has 2 rings (SSSR count). The molecule has 0 aliphatic rings. The number of amides is 1. The van der Waals surface area contributed by atoms with Gasteiger partial charge in [0.2, 0.25) is 0 Å². The number of carbonyl (C=O) groups excluding carboxylic acids is 1. The van der Waals surface area contributed by atoms with Gasteiger partial charge in [-0.15, -0.1) is 0 Å². The summed E-state index contributed by atoms with van der Waals surface area (Å²) in [5, 5.41) is 0.518. The molecule has 0 aliphatic carbocycles. The van der Waals surface area contributed by atoms with Crippen LogP contribution in [0.25, 0.3) is 0 Å². The van der Waals surface area contributed by atoms with Gasteiger partial charge in [0.15, 0.2) is 11.6 Å². The molecule has 1 atom stereocenters. The number of benzene rings is 2. The lowest BCUT2D eigenvalue weighted by Crippen LogP contribution is -2.30. The van der Waals surface area contributed by atoms with Crippen molar-refractivity contribution in [2.24, 2.45) is 0 Å². The molecule has 110 valence electrons. The monoisotopic (exact) mass is 309 g/mol. The van der Waals surface area contributed by atoms with Gasteiger partial charge >= 0.3 is 0 Å². The van der Waals surface area contributed by atoms with Crippen molar-refractivity contribution in [3.05, 3.63) is 70.2 Å². The van der Waals surface area contributed by atoms with Crippen LogP contribution in [-0.4, -0.2) is 17.9 Å². The van der Waals surface area contributed by atoms with E-state index < -0.39 is 17.5 Å². The predicted octanol–water partition coefficient (Wildman–Crippen LogP) is 4.45. The lowest BCUT2D eigenvalue weighted by Gasteiger charge is -2.26. The summed E-state index contributed by atoms with van der Waals surface area (Å²) in [6.45, 7) is 1.77. The second kappa shape index (κ2) is 6.22. The summed E-state index contributed by atoms with van der Waals surface area (Å²) in [4.78, 5) is 13.7. The molecule has 0 saturated heterocycles. The Morgan fingerprint density at radius 1 is 1.14 bits per heavy atom. The van der Waals surface area contributed by atoms with Gasteiger partial charge in [0.05, 0.1) is 11.6 Å². The SMILES string of the molecule is CC(c1ccccc1Cl)N(C)C(=O)c1cccc(F)c1F. The molecule has 0 saturated carbocycles. The van der Waals surface area contributed by atoms with Gasteiger partial charge < -0.3 is 4.90 Å². The first kappa shape index (κ1) is 15.4. The van der Waals surface area contributed by atoms with Crippen molar-refractivity contribution in [2.45, 2.75) is 13.0 Å². The Morgan fingerprint density at radius 2 is 1.81 bits per heavy atom. The first-order chi connectivity index (χ1) is 9.93. The van der Waals surface area contributed by atoms with Crippen LogP contribution in [0, 0.1) is 11.6 Å². The zero-order valence-corrected chi connectivity index (χ0v) is 12.4. The molecule has 0 spiro atoms. The normalized spacial score (nSPS) is 12.0. The van der Waals surface area contributed by atoms with Crippen LogP contribution in [-0.2, 0) is 0 Å². The maximum Gasteiger partial charge on any atom is 0.257 e. The number of halogens is 3. The summed E-state index contributed by atoms with van der Waals surface area (Å²) in [6, 6.07) is 10.3. The highest BCUT2D eigenvalue weighted by atomic mass is 35.5. The standard InChI is InChI=1S/C16H14ClF2NO/c1-10(11-6-3-4-8-13(11)17)20(2)16(21)12-7-5-9-14(18)15(12)19/h3-10H,1-2H3. The van der Waals surface area contributed by atoms with E-state index in [0.29, 0.717) is 5.02 Å². The molecule has 0 N–H and O–H groups in total. The van der Waals surface area contributed by atoms with Crippen LogP contribution in [0.4, 0.5) is 8.78 Å². The Morgan fingerprint density at radius 3 is 2.48 bits per heavy atom. The van der Waals surface area contributed by atoms with Crippen molar-refractivity contribution in [3.8, 4) is 0 Å². The molecule has 0 radical (unpaired) electrons. The molecule has 0 bridgehead atoms. The van der Waals surface area contributed by atoms with E-state index in [9.17, 15) is 13.6 Å². The van der Waals surface area contributed by atoms with Gasteiger partial charge in [-0.2, -0.15) is 0 Å². The number of hydrogen-bond acceptors (Lipinski definition) is 1. The first-order valence-electron chi connectivity index (χ1n) is 6.39. The minimum Gasteiger partial charge on any atom is -0.335 e. The number of carbonyl (C=O) groups is 1. The van der Waals surface area contributed by atoms with Crippen molar-refractivity contribution < 1.29 is 13.6 Å². The summed E-state index contributed by atoms with van der Waals surface area (Å²) >= 11 is 6.10. The van der Waals surface area contributed by atoms with Gasteiger partial charge in [0, 0.05) is 12.1 Å². The quantitative estimate of drug-likeness (QED) is 0.820. The number of rotatable bonds is 3. The third kappa shape index (κ3) is 3.05. The fraction of sp³-hybridized carbons (Fsp3) is 0.188. The Hall–Kier alpha value is -1.94. The second-order valence-electron chi connectivity index (χ2n) is 4.71. The van der Waals surface area contributed by atoms with Crippen molar-refractivity contribution in [1.29, 1.82) is 0 Å². The molecule has 0 heterocycles. The van der Waals surface area contributed by atoms with Crippen LogP contribution in [0.5, 0.6) is 0 Å². The summed E-state index contributed by atoms with van der Waals surface area (Å²) in [6.07, 6.45) is 0. The van der Waals surface area contributed by atoms with Gasteiger partial charge in [0.25, 0.3) is 5.91 Å². The van der Waals surface area contributed by atoms with Crippen molar-refractivity contribution in [2.75, 3.05) is 7.05 Å².